The van der Waals surface area contributed by atoms with Gasteiger partial charge in [-0.15, -0.1) is 10.2 Å². The first-order valence-electron chi connectivity index (χ1n) is 6.68. The number of hydrogen-bond donors (Lipinski definition) is 2. The highest BCUT2D eigenvalue weighted by molar-refractivity contribution is 5.96. The molecule has 0 saturated heterocycles. The van der Waals surface area contributed by atoms with Crippen molar-refractivity contribution in [2.75, 3.05) is 7.11 Å². The number of ether oxygens (including phenoxy) is 1. The molecule has 0 aliphatic carbocycles. The fourth-order valence-electron chi connectivity index (χ4n) is 2.20. The molecule has 0 spiro atoms. The quantitative estimate of drug-likeness (QED) is 0.689. The minimum absolute atomic E-state index is 0.00301. The molecule has 0 saturated carbocycles. The minimum atomic E-state index is -0.00301. The summed E-state index contributed by atoms with van der Waals surface area (Å²) in [5.41, 5.74) is 0.862. The molecular weight excluding hydrogens is 280 g/mol. The van der Waals surface area contributed by atoms with Gasteiger partial charge in [-0.3, -0.25) is 0 Å². The molecule has 0 fully saturated rings. The zero-order chi connectivity index (χ0) is 15.5. The first kappa shape index (κ1) is 13.9. The van der Waals surface area contributed by atoms with Crippen LogP contribution in [0.2, 0.25) is 0 Å². The van der Waals surface area contributed by atoms with Crippen LogP contribution < -0.4 is 4.74 Å². The zero-order valence-corrected chi connectivity index (χ0v) is 11.9. The van der Waals surface area contributed by atoms with Crippen molar-refractivity contribution in [1.29, 1.82) is 0 Å². The fourth-order valence-corrected chi connectivity index (χ4v) is 2.20. The van der Waals surface area contributed by atoms with Gasteiger partial charge in [0.15, 0.2) is 0 Å². The maximum atomic E-state index is 10.0. The van der Waals surface area contributed by atoms with E-state index in [0.717, 1.165) is 5.39 Å². The number of methoxy groups -OCH3 is 1. The van der Waals surface area contributed by atoms with Crippen LogP contribution in [0.4, 0.5) is 11.4 Å². The van der Waals surface area contributed by atoms with Crippen LogP contribution in [0.3, 0.4) is 0 Å². The summed E-state index contributed by atoms with van der Waals surface area (Å²) < 4.78 is 5.21. The van der Waals surface area contributed by atoms with Crippen LogP contribution in [0.25, 0.3) is 10.8 Å². The van der Waals surface area contributed by atoms with Crippen LogP contribution >= 0.6 is 0 Å². The van der Waals surface area contributed by atoms with Crippen LogP contribution in [0.15, 0.2) is 64.8 Å². The molecule has 0 aliphatic heterocycles. The van der Waals surface area contributed by atoms with Gasteiger partial charge in [0.1, 0.15) is 28.6 Å². The number of fused-ring (bicyclic) bond motifs is 1. The number of nitrogens with zero attached hydrogens (tertiary/aromatic N) is 2. The molecule has 0 aromatic heterocycles. The number of azo groups is 1. The number of benzene rings is 3. The molecule has 0 heterocycles. The Bertz CT molecular complexity index is 854. The van der Waals surface area contributed by atoms with Gasteiger partial charge in [-0.05, 0) is 35.7 Å². The van der Waals surface area contributed by atoms with E-state index in [1.54, 1.807) is 49.6 Å². The fraction of sp³-hybridized carbons (Fsp3) is 0.0588. The second-order valence-electron chi connectivity index (χ2n) is 4.71. The smallest absolute Gasteiger partial charge is 0.146 e. The summed E-state index contributed by atoms with van der Waals surface area (Å²) in [6.07, 6.45) is 0. The van der Waals surface area contributed by atoms with Crippen molar-refractivity contribution in [3.63, 3.8) is 0 Å². The number of para-hydroxylation sites is 1. The van der Waals surface area contributed by atoms with E-state index in [4.69, 9.17) is 4.74 Å². The average Bonchev–Trinajstić information content (AvgIpc) is 2.54. The molecule has 5 heteroatoms. The lowest BCUT2D eigenvalue weighted by Crippen LogP contribution is -1.81. The Morgan fingerprint density at radius 3 is 2.50 bits per heavy atom. The average molecular weight is 294 g/mol. The maximum Gasteiger partial charge on any atom is 0.146 e. The monoisotopic (exact) mass is 294 g/mol. The molecule has 22 heavy (non-hydrogen) atoms. The predicted octanol–water partition coefficient (Wildman–Crippen LogP) is 4.68. The van der Waals surface area contributed by atoms with Crippen molar-refractivity contribution in [2.24, 2.45) is 10.2 Å². The first-order valence-corrected chi connectivity index (χ1v) is 6.68. The molecule has 0 atom stereocenters. The molecule has 110 valence electrons. The number of rotatable bonds is 3. The van der Waals surface area contributed by atoms with Gasteiger partial charge in [-0.2, -0.15) is 0 Å². The standard InChI is InChI=1S/C17H14N2O3/c1-22-16-5-3-2-4-14(16)18-19-17-13-10-12(20)8-6-11(13)7-9-15(17)21/h2-10,20-21H,1H3. The topological polar surface area (TPSA) is 74.4 Å². The highest BCUT2D eigenvalue weighted by atomic mass is 16.5. The van der Waals surface area contributed by atoms with Crippen LogP contribution in [0, 0.1) is 0 Å². The van der Waals surface area contributed by atoms with Gasteiger partial charge >= 0.3 is 0 Å². The Balaban J connectivity index is 2.12. The summed E-state index contributed by atoms with van der Waals surface area (Å²) in [6.45, 7) is 0. The summed E-state index contributed by atoms with van der Waals surface area (Å²) >= 11 is 0. The van der Waals surface area contributed by atoms with Gasteiger partial charge in [-0.25, -0.2) is 0 Å². The van der Waals surface area contributed by atoms with E-state index >= 15 is 0 Å². The Morgan fingerprint density at radius 2 is 1.68 bits per heavy atom. The highest BCUT2D eigenvalue weighted by Crippen LogP contribution is 2.38. The molecule has 3 aromatic rings. The third-order valence-electron chi connectivity index (χ3n) is 3.30. The molecule has 0 radical (unpaired) electrons. The third-order valence-corrected chi connectivity index (χ3v) is 3.30. The van der Waals surface area contributed by atoms with Crippen LogP contribution in [0.1, 0.15) is 0 Å². The molecule has 2 N–H and O–H groups in total. The lowest BCUT2D eigenvalue weighted by Gasteiger charge is -2.05. The molecule has 0 bridgehead atoms. The van der Waals surface area contributed by atoms with Gasteiger partial charge in [-0.1, -0.05) is 24.3 Å². The summed E-state index contributed by atoms with van der Waals surface area (Å²) in [5.74, 6) is 0.692. The molecule has 0 unspecified atom stereocenters. The van der Waals surface area contributed by atoms with E-state index in [0.29, 0.717) is 22.5 Å². The summed E-state index contributed by atoms with van der Waals surface area (Å²) in [4.78, 5) is 0. The lowest BCUT2D eigenvalue weighted by atomic mass is 10.1. The van der Waals surface area contributed by atoms with Crippen LogP contribution in [-0.4, -0.2) is 17.3 Å². The van der Waals surface area contributed by atoms with Crippen molar-refractivity contribution in [2.45, 2.75) is 0 Å². The van der Waals surface area contributed by atoms with E-state index in [-0.39, 0.29) is 11.5 Å². The SMILES string of the molecule is COc1ccccc1N=Nc1c(O)ccc2ccc(O)cc12. The second-order valence-corrected chi connectivity index (χ2v) is 4.71. The normalized spacial score (nSPS) is 11.1. The first-order chi connectivity index (χ1) is 10.7. The highest BCUT2D eigenvalue weighted by Gasteiger charge is 2.08. The number of phenols is 2. The van der Waals surface area contributed by atoms with Crippen molar-refractivity contribution in [3.05, 3.63) is 54.6 Å². The van der Waals surface area contributed by atoms with Gasteiger partial charge in [0.2, 0.25) is 0 Å². The van der Waals surface area contributed by atoms with E-state index in [1.165, 1.54) is 0 Å². The Hall–Kier alpha value is -3.08. The van der Waals surface area contributed by atoms with Gasteiger partial charge in [0, 0.05) is 5.39 Å². The van der Waals surface area contributed by atoms with Crippen molar-refractivity contribution in [3.8, 4) is 17.2 Å². The Morgan fingerprint density at radius 1 is 0.909 bits per heavy atom. The van der Waals surface area contributed by atoms with Gasteiger partial charge < -0.3 is 14.9 Å². The number of hydrogen-bond acceptors (Lipinski definition) is 5. The maximum absolute atomic E-state index is 10.0. The Labute approximate surface area is 127 Å². The summed E-state index contributed by atoms with van der Waals surface area (Å²) in [6, 6.07) is 15.4. The van der Waals surface area contributed by atoms with Crippen molar-refractivity contribution >= 4 is 22.1 Å². The molecule has 3 aromatic carbocycles. The van der Waals surface area contributed by atoms with Crippen LogP contribution in [-0.2, 0) is 0 Å². The number of aromatic hydroxyl groups is 2. The number of phenolic OH excluding ortho intramolecular Hbond substituents is 2. The second kappa shape index (κ2) is 5.73. The summed E-state index contributed by atoms with van der Waals surface area (Å²) in [7, 11) is 1.56. The third kappa shape index (κ3) is 2.56. The van der Waals surface area contributed by atoms with E-state index in [9.17, 15) is 10.2 Å². The lowest BCUT2D eigenvalue weighted by molar-refractivity contribution is 0.416. The van der Waals surface area contributed by atoms with E-state index in [2.05, 4.69) is 10.2 Å². The van der Waals surface area contributed by atoms with Crippen molar-refractivity contribution in [1.82, 2.24) is 0 Å². The van der Waals surface area contributed by atoms with E-state index < -0.39 is 0 Å². The zero-order valence-electron chi connectivity index (χ0n) is 11.9. The van der Waals surface area contributed by atoms with Gasteiger partial charge in [0.05, 0.1) is 7.11 Å². The summed E-state index contributed by atoms with van der Waals surface area (Å²) in [5, 5.41) is 29.4. The Kier molecular flexibility index (Phi) is 3.62. The predicted molar refractivity (Wildman–Crippen MR) is 84.4 cm³/mol. The molecule has 3 rings (SSSR count). The van der Waals surface area contributed by atoms with Crippen LogP contribution in [0.5, 0.6) is 17.2 Å². The minimum Gasteiger partial charge on any atom is -0.508 e. The van der Waals surface area contributed by atoms with Crippen molar-refractivity contribution < 1.29 is 14.9 Å². The van der Waals surface area contributed by atoms with Gasteiger partial charge in [0.25, 0.3) is 0 Å². The van der Waals surface area contributed by atoms with E-state index in [1.807, 2.05) is 12.1 Å². The molecule has 0 aliphatic rings. The molecule has 5 nitrogen and oxygen atoms in total. The molecule has 0 amide bonds. The molecular formula is C17H14N2O3. The largest absolute Gasteiger partial charge is 0.508 e.